The number of aryl methyl sites for hydroxylation is 1. The van der Waals surface area contributed by atoms with Crippen LogP contribution in [0.25, 0.3) is 22.4 Å². The molecule has 3 rings (SSSR count). The number of H-pyrrole nitrogens is 1. The Morgan fingerprint density at radius 2 is 2.10 bits per heavy atom. The van der Waals surface area contributed by atoms with Gasteiger partial charge in [0.25, 0.3) is 0 Å². The number of hydrogen-bond acceptors (Lipinski definition) is 2. The Kier molecular flexibility index (Phi) is 2.95. The molecule has 0 aliphatic heterocycles. The van der Waals surface area contributed by atoms with E-state index in [1.165, 1.54) is 6.07 Å². The minimum Gasteiger partial charge on any atom is -0.478 e. The number of aromatic amines is 1. The van der Waals surface area contributed by atoms with Crippen LogP contribution >= 0.6 is 11.6 Å². The average Bonchev–Trinajstić information content (AvgIpc) is 2.81. The van der Waals surface area contributed by atoms with Crippen molar-refractivity contribution in [1.82, 2.24) is 9.97 Å². The molecule has 5 heteroatoms. The van der Waals surface area contributed by atoms with Gasteiger partial charge in [-0.2, -0.15) is 0 Å². The van der Waals surface area contributed by atoms with Crippen LogP contribution in [0.5, 0.6) is 0 Å². The van der Waals surface area contributed by atoms with Gasteiger partial charge >= 0.3 is 5.97 Å². The number of nitrogens with one attached hydrogen (secondary N) is 1. The first kappa shape index (κ1) is 12.7. The zero-order chi connectivity index (χ0) is 14.3. The summed E-state index contributed by atoms with van der Waals surface area (Å²) < 4.78 is 0. The molecule has 2 N–H and O–H groups in total. The number of aromatic nitrogens is 2. The lowest BCUT2D eigenvalue weighted by Crippen LogP contribution is -1.96. The Balaban J connectivity index is 2.23. The first-order valence-electron chi connectivity index (χ1n) is 6.05. The van der Waals surface area contributed by atoms with E-state index in [0.29, 0.717) is 21.9 Å². The molecule has 2 aromatic carbocycles. The minimum atomic E-state index is -0.997. The fourth-order valence-electron chi connectivity index (χ4n) is 2.14. The van der Waals surface area contributed by atoms with Crippen LogP contribution < -0.4 is 0 Å². The molecule has 0 unspecified atom stereocenters. The number of rotatable bonds is 2. The molecular weight excluding hydrogens is 276 g/mol. The van der Waals surface area contributed by atoms with E-state index in [1.807, 2.05) is 25.1 Å². The van der Waals surface area contributed by atoms with Crippen molar-refractivity contribution >= 4 is 28.6 Å². The van der Waals surface area contributed by atoms with Crippen LogP contribution in [0.15, 0.2) is 36.4 Å². The molecule has 20 heavy (non-hydrogen) atoms. The Labute approximate surface area is 120 Å². The summed E-state index contributed by atoms with van der Waals surface area (Å²) in [6.07, 6.45) is 0. The number of nitrogens with zero attached hydrogens (tertiary/aromatic N) is 1. The molecule has 0 aliphatic carbocycles. The molecule has 0 fully saturated rings. The van der Waals surface area contributed by atoms with Crippen molar-refractivity contribution in [1.29, 1.82) is 0 Å². The number of carboxylic acids is 1. The van der Waals surface area contributed by atoms with E-state index < -0.39 is 5.97 Å². The van der Waals surface area contributed by atoms with E-state index in [9.17, 15) is 9.90 Å². The van der Waals surface area contributed by atoms with E-state index in [4.69, 9.17) is 11.6 Å². The molecule has 4 nitrogen and oxygen atoms in total. The summed E-state index contributed by atoms with van der Waals surface area (Å²) in [5.74, 6) is -0.428. The van der Waals surface area contributed by atoms with Crippen molar-refractivity contribution in [2.75, 3.05) is 0 Å². The lowest BCUT2D eigenvalue weighted by Gasteiger charge is -2.01. The highest BCUT2D eigenvalue weighted by atomic mass is 35.5. The first-order chi connectivity index (χ1) is 9.56. The molecule has 0 atom stereocenters. The zero-order valence-corrected chi connectivity index (χ0v) is 11.4. The van der Waals surface area contributed by atoms with E-state index in [0.717, 1.165) is 11.1 Å². The van der Waals surface area contributed by atoms with Crippen LogP contribution in [0.2, 0.25) is 5.02 Å². The van der Waals surface area contributed by atoms with Crippen LogP contribution in [0.3, 0.4) is 0 Å². The highest BCUT2D eigenvalue weighted by molar-refractivity contribution is 6.33. The highest BCUT2D eigenvalue weighted by Gasteiger charge is 2.14. The highest BCUT2D eigenvalue weighted by Crippen LogP contribution is 2.29. The third-order valence-electron chi connectivity index (χ3n) is 3.12. The minimum absolute atomic E-state index is 0.174. The summed E-state index contributed by atoms with van der Waals surface area (Å²) >= 11 is 6.22. The van der Waals surface area contributed by atoms with Gasteiger partial charge in [-0.15, -0.1) is 0 Å². The molecule has 1 heterocycles. The molecule has 0 radical (unpaired) electrons. The quantitative estimate of drug-likeness (QED) is 0.751. The summed E-state index contributed by atoms with van der Waals surface area (Å²) in [5, 5.41) is 9.76. The number of hydrogen-bond donors (Lipinski definition) is 2. The number of halogens is 1. The second-order valence-corrected chi connectivity index (χ2v) is 4.98. The van der Waals surface area contributed by atoms with Crippen molar-refractivity contribution < 1.29 is 9.90 Å². The van der Waals surface area contributed by atoms with Crippen LogP contribution in [0.1, 0.15) is 15.9 Å². The van der Waals surface area contributed by atoms with Gasteiger partial charge in [0.05, 0.1) is 16.1 Å². The number of aromatic carboxylic acids is 1. The fourth-order valence-corrected chi connectivity index (χ4v) is 2.47. The summed E-state index contributed by atoms with van der Waals surface area (Å²) in [4.78, 5) is 18.7. The van der Waals surface area contributed by atoms with Crippen molar-refractivity contribution in [3.05, 3.63) is 52.5 Å². The van der Waals surface area contributed by atoms with Crippen molar-refractivity contribution in [2.45, 2.75) is 6.92 Å². The maximum atomic E-state index is 11.2. The number of carboxylic acid groups (broad SMARTS) is 1. The SMILES string of the molecule is Cc1ccc(-c2nc3c(C(=O)O)cccc3[nH]2)c(Cl)c1. The molecular formula is C15H11ClN2O2. The number of fused-ring (bicyclic) bond motifs is 1. The molecule has 0 amide bonds. The normalized spacial score (nSPS) is 10.9. The van der Waals surface area contributed by atoms with Crippen LogP contribution in [-0.4, -0.2) is 21.0 Å². The lowest BCUT2D eigenvalue weighted by molar-refractivity contribution is 0.0699. The predicted octanol–water partition coefficient (Wildman–Crippen LogP) is 3.89. The second kappa shape index (κ2) is 4.65. The second-order valence-electron chi connectivity index (χ2n) is 4.58. The van der Waals surface area contributed by atoms with Gasteiger partial charge in [-0.1, -0.05) is 23.7 Å². The maximum Gasteiger partial charge on any atom is 0.337 e. The van der Waals surface area contributed by atoms with Crippen molar-refractivity contribution in [3.63, 3.8) is 0 Å². The number of benzene rings is 2. The van der Waals surface area contributed by atoms with Gasteiger partial charge in [0, 0.05) is 5.56 Å². The third kappa shape index (κ3) is 2.04. The molecule has 0 saturated carbocycles. The Bertz CT molecular complexity index is 824. The molecule has 1 aromatic heterocycles. The lowest BCUT2D eigenvalue weighted by atomic mass is 10.1. The van der Waals surface area contributed by atoms with Crippen LogP contribution in [0, 0.1) is 6.92 Å². The van der Waals surface area contributed by atoms with Gasteiger partial charge in [0.15, 0.2) is 0 Å². The van der Waals surface area contributed by atoms with Gasteiger partial charge in [-0.05, 0) is 36.8 Å². The maximum absolute atomic E-state index is 11.2. The Morgan fingerprint density at radius 3 is 2.80 bits per heavy atom. The van der Waals surface area contributed by atoms with E-state index in [-0.39, 0.29) is 5.56 Å². The van der Waals surface area contributed by atoms with E-state index in [1.54, 1.807) is 12.1 Å². The molecule has 3 aromatic rings. The van der Waals surface area contributed by atoms with Gasteiger partial charge in [-0.25, -0.2) is 9.78 Å². The predicted molar refractivity (Wildman–Crippen MR) is 78.2 cm³/mol. The first-order valence-corrected chi connectivity index (χ1v) is 6.42. The monoisotopic (exact) mass is 286 g/mol. The number of imidazole rings is 1. The summed E-state index contributed by atoms with van der Waals surface area (Å²) in [7, 11) is 0. The number of para-hydroxylation sites is 1. The van der Waals surface area contributed by atoms with Gasteiger partial charge < -0.3 is 10.1 Å². The van der Waals surface area contributed by atoms with Crippen molar-refractivity contribution in [2.24, 2.45) is 0 Å². The fraction of sp³-hybridized carbons (Fsp3) is 0.0667. The zero-order valence-electron chi connectivity index (χ0n) is 10.6. The Morgan fingerprint density at radius 1 is 1.30 bits per heavy atom. The molecule has 0 bridgehead atoms. The molecule has 0 saturated heterocycles. The summed E-state index contributed by atoms with van der Waals surface area (Å²) in [5.41, 5.74) is 3.10. The number of carbonyl (C=O) groups is 1. The molecule has 100 valence electrons. The van der Waals surface area contributed by atoms with Crippen LogP contribution in [-0.2, 0) is 0 Å². The third-order valence-corrected chi connectivity index (χ3v) is 3.44. The standard InChI is InChI=1S/C15H11ClN2O2/c1-8-5-6-9(11(16)7-8)14-17-12-4-2-3-10(15(19)20)13(12)18-14/h2-7H,1H3,(H,17,18)(H,19,20). The average molecular weight is 287 g/mol. The molecule has 0 aliphatic rings. The van der Waals surface area contributed by atoms with Gasteiger partial charge in [0.2, 0.25) is 0 Å². The van der Waals surface area contributed by atoms with E-state index in [2.05, 4.69) is 9.97 Å². The Hall–Kier alpha value is -2.33. The van der Waals surface area contributed by atoms with Crippen LogP contribution in [0.4, 0.5) is 0 Å². The molecule has 0 spiro atoms. The smallest absolute Gasteiger partial charge is 0.337 e. The topological polar surface area (TPSA) is 66.0 Å². The van der Waals surface area contributed by atoms with E-state index >= 15 is 0 Å². The largest absolute Gasteiger partial charge is 0.478 e. The van der Waals surface area contributed by atoms with Crippen molar-refractivity contribution in [3.8, 4) is 11.4 Å². The van der Waals surface area contributed by atoms with Gasteiger partial charge in [0.1, 0.15) is 11.3 Å². The summed E-state index contributed by atoms with van der Waals surface area (Å²) in [6.45, 7) is 1.96. The van der Waals surface area contributed by atoms with Gasteiger partial charge in [-0.3, -0.25) is 0 Å². The summed E-state index contributed by atoms with van der Waals surface area (Å²) in [6, 6.07) is 10.7.